The molecule has 0 aliphatic carbocycles. The second kappa shape index (κ2) is 4.63. The Morgan fingerprint density at radius 1 is 1.29 bits per heavy atom. The summed E-state index contributed by atoms with van der Waals surface area (Å²) in [5, 5.41) is 3.39. The zero-order valence-electron chi connectivity index (χ0n) is 7.14. The monoisotopic (exact) mass is 228 g/mol. The maximum Gasteiger partial charge on any atom is 0.389 e. The summed E-state index contributed by atoms with van der Waals surface area (Å²) in [7, 11) is 0. The molecule has 0 saturated heterocycles. The zero-order valence-corrected chi connectivity index (χ0v) is 7.90. The van der Waals surface area contributed by atoms with Crippen LogP contribution in [0.2, 0.25) is 0 Å². The minimum atomic E-state index is -4.19. The van der Waals surface area contributed by atoms with E-state index in [-0.39, 0.29) is 18.1 Å². The molecule has 0 spiro atoms. The van der Waals surface area contributed by atoms with E-state index in [1.54, 1.807) is 0 Å². The van der Waals surface area contributed by atoms with Crippen LogP contribution in [0.4, 0.5) is 13.2 Å². The molecule has 0 bridgehead atoms. The van der Waals surface area contributed by atoms with Crippen molar-refractivity contribution < 1.29 is 17.7 Å². The predicted octanol–water partition coefficient (Wildman–Crippen LogP) is 2.35. The molecule has 14 heavy (non-hydrogen) atoms. The van der Waals surface area contributed by atoms with E-state index in [1.807, 2.05) is 0 Å². The number of alkyl halides is 4. The summed E-state index contributed by atoms with van der Waals surface area (Å²) < 4.78 is 40.0. The first-order valence-electron chi connectivity index (χ1n) is 3.95. The van der Waals surface area contributed by atoms with Gasteiger partial charge in [0, 0.05) is 18.7 Å². The first-order chi connectivity index (χ1) is 6.51. The Labute approximate surface area is 83.2 Å². The van der Waals surface area contributed by atoms with E-state index in [0.717, 1.165) is 0 Å². The lowest BCUT2D eigenvalue weighted by Crippen LogP contribution is -2.09. The molecular formula is C7H8ClF3N2O. The van der Waals surface area contributed by atoms with Gasteiger partial charge in [0.1, 0.15) is 0 Å². The zero-order chi connectivity index (χ0) is 10.6. The quantitative estimate of drug-likeness (QED) is 0.743. The van der Waals surface area contributed by atoms with E-state index in [4.69, 9.17) is 11.6 Å². The molecule has 7 heteroatoms. The van der Waals surface area contributed by atoms with Crippen LogP contribution in [0.25, 0.3) is 0 Å². The fourth-order valence-corrected chi connectivity index (χ4v) is 0.989. The summed E-state index contributed by atoms with van der Waals surface area (Å²) >= 11 is 5.39. The molecule has 0 amide bonds. The van der Waals surface area contributed by atoms with Crippen molar-refractivity contribution in [2.45, 2.75) is 25.4 Å². The largest absolute Gasteiger partial charge is 0.389 e. The summed E-state index contributed by atoms with van der Waals surface area (Å²) in [6.07, 6.45) is -5.00. The van der Waals surface area contributed by atoms with Crippen LogP contribution in [0, 0.1) is 0 Å². The van der Waals surface area contributed by atoms with Crippen molar-refractivity contribution >= 4 is 11.6 Å². The summed E-state index contributed by atoms with van der Waals surface area (Å²) in [6, 6.07) is 0. The minimum absolute atomic E-state index is 0.0717. The van der Waals surface area contributed by atoms with Gasteiger partial charge in [-0.2, -0.15) is 18.2 Å². The van der Waals surface area contributed by atoms with Crippen molar-refractivity contribution in [3.05, 3.63) is 11.7 Å². The van der Waals surface area contributed by atoms with Crippen LogP contribution in [0.1, 0.15) is 18.1 Å². The van der Waals surface area contributed by atoms with Crippen LogP contribution in [-0.4, -0.2) is 22.2 Å². The van der Waals surface area contributed by atoms with Gasteiger partial charge in [-0.15, -0.1) is 11.6 Å². The van der Waals surface area contributed by atoms with Gasteiger partial charge in [-0.3, -0.25) is 0 Å². The molecule has 0 unspecified atom stereocenters. The normalized spacial score (nSPS) is 12.0. The van der Waals surface area contributed by atoms with E-state index >= 15 is 0 Å². The highest BCUT2D eigenvalue weighted by molar-refractivity contribution is 6.17. The Balaban J connectivity index is 2.44. The van der Waals surface area contributed by atoms with Crippen molar-refractivity contribution in [3.8, 4) is 0 Å². The van der Waals surface area contributed by atoms with Gasteiger partial charge in [0.25, 0.3) is 0 Å². The molecule has 1 aromatic rings. The molecular weight excluding hydrogens is 221 g/mol. The molecule has 0 aromatic carbocycles. The van der Waals surface area contributed by atoms with Gasteiger partial charge < -0.3 is 4.52 Å². The topological polar surface area (TPSA) is 38.9 Å². The molecule has 1 heterocycles. The Hall–Kier alpha value is -0.780. The van der Waals surface area contributed by atoms with E-state index in [9.17, 15) is 13.2 Å². The van der Waals surface area contributed by atoms with Gasteiger partial charge in [0.15, 0.2) is 5.82 Å². The van der Waals surface area contributed by atoms with Gasteiger partial charge in [-0.25, -0.2) is 0 Å². The molecule has 0 saturated carbocycles. The third kappa shape index (κ3) is 3.95. The highest BCUT2D eigenvalue weighted by Crippen LogP contribution is 2.21. The fraction of sp³-hybridized carbons (Fsp3) is 0.714. The highest BCUT2D eigenvalue weighted by atomic mass is 35.5. The maximum atomic E-state index is 11.8. The number of hydrogen-bond acceptors (Lipinski definition) is 3. The Kier molecular flexibility index (Phi) is 3.74. The standard InChI is InChI=1S/C7H8ClF3N2O/c8-4-2-6-12-5(13-14-6)1-3-7(9,10)11/h1-4H2. The predicted molar refractivity (Wildman–Crippen MR) is 43.1 cm³/mol. The number of hydrogen-bond donors (Lipinski definition) is 0. The highest BCUT2D eigenvalue weighted by Gasteiger charge is 2.27. The smallest absolute Gasteiger partial charge is 0.339 e. The second-order valence-electron chi connectivity index (χ2n) is 2.66. The van der Waals surface area contributed by atoms with Crippen molar-refractivity contribution in [1.82, 2.24) is 10.1 Å². The van der Waals surface area contributed by atoms with Crippen LogP contribution in [-0.2, 0) is 12.8 Å². The number of aryl methyl sites for hydroxylation is 2. The molecule has 0 fully saturated rings. The van der Waals surface area contributed by atoms with Gasteiger partial charge in [-0.05, 0) is 0 Å². The molecule has 3 nitrogen and oxygen atoms in total. The van der Waals surface area contributed by atoms with Crippen molar-refractivity contribution in [2.75, 3.05) is 5.88 Å². The molecule has 80 valence electrons. The molecule has 1 rings (SSSR count). The number of nitrogens with zero attached hydrogens (tertiary/aromatic N) is 2. The summed E-state index contributed by atoms with van der Waals surface area (Å²) in [5.41, 5.74) is 0. The van der Waals surface area contributed by atoms with Gasteiger partial charge in [-0.1, -0.05) is 5.16 Å². The molecule has 1 aromatic heterocycles. The van der Waals surface area contributed by atoms with Crippen LogP contribution in [0.3, 0.4) is 0 Å². The first kappa shape index (κ1) is 11.3. The van der Waals surface area contributed by atoms with E-state index < -0.39 is 12.6 Å². The number of aromatic nitrogens is 2. The molecule has 0 atom stereocenters. The van der Waals surface area contributed by atoms with Crippen LogP contribution in [0.5, 0.6) is 0 Å². The molecule has 0 N–H and O–H groups in total. The average Bonchev–Trinajstić information content (AvgIpc) is 2.49. The van der Waals surface area contributed by atoms with Crippen molar-refractivity contribution in [2.24, 2.45) is 0 Å². The van der Waals surface area contributed by atoms with Crippen LogP contribution < -0.4 is 0 Å². The Morgan fingerprint density at radius 3 is 2.57 bits per heavy atom. The van der Waals surface area contributed by atoms with Gasteiger partial charge in [0.05, 0.1) is 6.42 Å². The van der Waals surface area contributed by atoms with E-state index in [1.165, 1.54) is 0 Å². The summed E-state index contributed by atoms with van der Waals surface area (Å²) in [6.45, 7) is 0. The molecule has 0 radical (unpaired) electrons. The van der Waals surface area contributed by atoms with Crippen LogP contribution >= 0.6 is 11.6 Å². The first-order valence-corrected chi connectivity index (χ1v) is 4.49. The Morgan fingerprint density at radius 2 is 2.00 bits per heavy atom. The molecule has 0 aliphatic rings. The lowest BCUT2D eigenvalue weighted by atomic mass is 10.3. The maximum absolute atomic E-state index is 11.8. The third-order valence-corrected chi connectivity index (χ3v) is 1.64. The molecule has 0 aliphatic heterocycles. The number of halogens is 4. The fourth-order valence-electron chi connectivity index (χ4n) is 0.828. The average molecular weight is 229 g/mol. The lowest BCUT2D eigenvalue weighted by molar-refractivity contribution is -0.134. The second-order valence-corrected chi connectivity index (χ2v) is 3.04. The van der Waals surface area contributed by atoms with Gasteiger partial charge in [0.2, 0.25) is 5.89 Å². The summed E-state index contributed by atoms with van der Waals surface area (Å²) in [5.74, 6) is 0.653. The minimum Gasteiger partial charge on any atom is -0.339 e. The number of rotatable bonds is 4. The van der Waals surface area contributed by atoms with E-state index in [2.05, 4.69) is 14.7 Å². The Bertz CT molecular complexity index is 287. The SMILES string of the molecule is FC(F)(F)CCc1noc(CCCl)n1. The third-order valence-electron chi connectivity index (χ3n) is 1.45. The summed E-state index contributed by atoms with van der Waals surface area (Å²) in [4.78, 5) is 3.74. The van der Waals surface area contributed by atoms with Crippen molar-refractivity contribution in [1.29, 1.82) is 0 Å². The van der Waals surface area contributed by atoms with Gasteiger partial charge >= 0.3 is 6.18 Å². The lowest BCUT2D eigenvalue weighted by Gasteiger charge is -2.01. The van der Waals surface area contributed by atoms with E-state index in [0.29, 0.717) is 12.3 Å². The van der Waals surface area contributed by atoms with Crippen LogP contribution in [0.15, 0.2) is 4.52 Å². The van der Waals surface area contributed by atoms with Crippen molar-refractivity contribution in [3.63, 3.8) is 0 Å².